The maximum atomic E-state index is 12.5. The minimum Gasteiger partial charge on any atom is -0.495 e. The van der Waals surface area contributed by atoms with Gasteiger partial charge in [0.15, 0.2) is 0 Å². The predicted molar refractivity (Wildman–Crippen MR) is 120 cm³/mol. The number of rotatable bonds is 6. The van der Waals surface area contributed by atoms with E-state index in [4.69, 9.17) is 4.74 Å². The third kappa shape index (κ3) is 4.46. The molecule has 160 valence electrons. The number of amides is 2. The lowest BCUT2D eigenvalue weighted by molar-refractivity contribution is -0.117. The molecule has 0 radical (unpaired) electrons. The van der Waals surface area contributed by atoms with Gasteiger partial charge in [0, 0.05) is 11.3 Å². The molecule has 0 saturated heterocycles. The number of nitrogens with one attached hydrogen (secondary N) is 2. The fraction of sp³-hybridized carbons (Fsp3) is 0.0870. The second kappa shape index (κ2) is 9.09. The summed E-state index contributed by atoms with van der Waals surface area (Å²) in [4.78, 5) is 37.3. The average Bonchev–Trinajstić information content (AvgIpc) is 2.82. The highest BCUT2D eigenvalue weighted by atomic mass is 16.5. The minimum absolute atomic E-state index is 0.285. The van der Waals surface area contributed by atoms with Gasteiger partial charge in [-0.3, -0.25) is 14.4 Å². The molecule has 0 aliphatic rings. The number of aromatic nitrogens is 3. The molecule has 2 N–H and O–H groups in total. The Balaban J connectivity index is 1.41. The van der Waals surface area contributed by atoms with Crippen LogP contribution in [-0.4, -0.2) is 33.9 Å². The summed E-state index contributed by atoms with van der Waals surface area (Å²) in [6.07, 6.45) is 0. The largest absolute Gasteiger partial charge is 0.495 e. The summed E-state index contributed by atoms with van der Waals surface area (Å²) in [5.41, 5.74) is 1.51. The molecular weight excluding hydrogens is 410 g/mol. The normalized spacial score (nSPS) is 10.5. The first-order valence-electron chi connectivity index (χ1n) is 9.72. The van der Waals surface area contributed by atoms with Crippen molar-refractivity contribution in [3.8, 4) is 5.75 Å². The molecule has 32 heavy (non-hydrogen) atoms. The molecule has 1 aromatic heterocycles. The van der Waals surface area contributed by atoms with E-state index in [9.17, 15) is 14.4 Å². The average molecular weight is 429 g/mol. The third-order valence-corrected chi connectivity index (χ3v) is 4.71. The number of fused-ring (bicyclic) bond motifs is 1. The van der Waals surface area contributed by atoms with Crippen molar-refractivity contribution in [2.24, 2.45) is 0 Å². The van der Waals surface area contributed by atoms with Crippen molar-refractivity contribution in [2.45, 2.75) is 6.54 Å². The summed E-state index contributed by atoms with van der Waals surface area (Å²) in [6.45, 7) is -0.285. The number of benzene rings is 3. The van der Waals surface area contributed by atoms with E-state index in [1.807, 2.05) is 6.07 Å². The van der Waals surface area contributed by atoms with Gasteiger partial charge in [-0.25, -0.2) is 4.68 Å². The van der Waals surface area contributed by atoms with Gasteiger partial charge >= 0.3 is 0 Å². The van der Waals surface area contributed by atoms with Crippen LogP contribution in [0.4, 0.5) is 11.4 Å². The lowest BCUT2D eigenvalue weighted by Crippen LogP contribution is -2.30. The van der Waals surface area contributed by atoms with E-state index in [0.29, 0.717) is 33.6 Å². The second-order valence-electron chi connectivity index (χ2n) is 6.85. The van der Waals surface area contributed by atoms with E-state index in [-0.39, 0.29) is 12.5 Å². The van der Waals surface area contributed by atoms with E-state index >= 15 is 0 Å². The molecule has 4 aromatic rings. The van der Waals surface area contributed by atoms with E-state index in [2.05, 4.69) is 20.9 Å². The predicted octanol–water partition coefficient (Wildman–Crippen LogP) is 2.69. The number of hydrogen-bond acceptors (Lipinski definition) is 6. The van der Waals surface area contributed by atoms with Gasteiger partial charge in [0.2, 0.25) is 5.91 Å². The second-order valence-corrected chi connectivity index (χ2v) is 6.85. The monoisotopic (exact) mass is 429 g/mol. The molecule has 0 saturated carbocycles. The standard InChI is InChI=1S/C23H19N5O4/c1-32-20-9-5-4-8-19(20)25-22(30)15-10-12-16(13-11-15)24-21(29)14-28-23(31)17-6-2-3-7-18(17)26-27-28/h2-13H,14H2,1H3,(H,24,29)(H,25,30). The first kappa shape index (κ1) is 20.7. The molecular formula is C23H19N5O4. The Morgan fingerprint density at radius 3 is 2.44 bits per heavy atom. The van der Waals surface area contributed by atoms with Gasteiger partial charge in [-0.15, -0.1) is 5.10 Å². The van der Waals surface area contributed by atoms with Gasteiger partial charge in [0.25, 0.3) is 11.5 Å². The van der Waals surface area contributed by atoms with Crippen molar-refractivity contribution in [2.75, 3.05) is 17.7 Å². The summed E-state index contributed by atoms with van der Waals surface area (Å²) < 4.78 is 6.24. The van der Waals surface area contributed by atoms with Crippen molar-refractivity contribution in [3.63, 3.8) is 0 Å². The van der Waals surface area contributed by atoms with E-state index < -0.39 is 11.5 Å². The molecule has 0 fully saturated rings. The smallest absolute Gasteiger partial charge is 0.278 e. The third-order valence-electron chi connectivity index (χ3n) is 4.71. The van der Waals surface area contributed by atoms with E-state index in [0.717, 1.165) is 4.68 Å². The Bertz CT molecular complexity index is 1350. The van der Waals surface area contributed by atoms with Gasteiger partial charge < -0.3 is 15.4 Å². The quantitative estimate of drug-likeness (QED) is 0.487. The van der Waals surface area contributed by atoms with Gasteiger partial charge in [-0.1, -0.05) is 29.5 Å². The van der Waals surface area contributed by atoms with Crippen molar-refractivity contribution < 1.29 is 14.3 Å². The molecule has 0 atom stereocenters. The van der Waals surface area contributed by atoms with Crippen LogP contribution in [0.25, 0.3) is 10.9 Å². The summed E-state index contributed by atoms with van der Waals surface area (Å²) in [5, 5.41) is 13.6. The summed E-state index contributed by atoms with van der Waals surface area (Å²) in [6, 6.07) is 20.3. The molecule has 9 heteroatoms. The van der Waals surface area contributed by atoms with Crippen LogP contribution in [0.1, 0.15) is 10.4 Å². The van der Waals surface area contributed by atoms with Crippen LogP contribution in [0.2, 0.25) is 0 Å². The summed E-state index contributed by atoms with van der Waals surface area (Å²) >= 11 is 0. The molecule has 1 heterocycles. The Labute approximate surface area is 182 Å². The van der Waals surface area contributed by atoms with E-state index in [1.165, 1.54) is 7.11 Å². The van der Waals surface area contributed by atoms with Crippen molar-refractivity contribution in [3.05, 3.63) is 88.7 Å². The van der Waals surface area contributed by atoms with Crippen LogP contribution in [0.5, 0.6) is 5.75 Å². The van der Waals surface area contributed by atoms with Crippen molar-refractivity contribution >= 4 is 34.1 Å². The number of para-hydroxylation sites is 2. The number of carbonyl (C=O) groups is 2. The van der Waals surface area contributed by atoms with Gasteiger partial charge in [-0.2, -0.15) is 0 Å². The van der Waals surface area contributed by atoms with Crippen LogP contribution in [0.3, 0.4) is 0 Å². The Kier molecular flexibility index (Phi) is 5.89. The Morgan fingerprint density at radius 2 is 1.66 bits per heavy atom. The number of anilines is 2. The number of carbonyl (C=O) groups excluding carboxylic acids is 2. The highest BCUT2D eigenvalue weighted by Crippen LogP contribution is 2.23. The van der Waals surface area contributed by atoms with Gasteiger partial charge in [-0.05, 0) is 48.5 Å². The van der Waals surface area contributed by atoms with Crippen molar-refractivity contribution in [1.82, 2.24) is 15.0 Å². The number of nitrogens with zero attached hydrogens (tertiary/aromatic N) is 3. The van der Waals surface area contributed by atoms with Crippen LogP contribution >= 0.6 is 0 Å². The lowest BCUT2D eigenvalue weighted by Gasteiger charge is -2.10. The summed E-state index contributed by atoms with van der Waals surface area (Å²) in [5.74, 6) is -0.204. The zero-order chi connectivity index (χ0) is 22.5. The first-order chi connectivity index (χ1) is 15.5. The topological polar surface area (TPSA) is 115 Å². The first-order valence-corrected chi connectivity index (χ1v) is 9.72. The zero-order valence-corrected chi connectivity index (χ0v) is 17.1. The highest BCUT2D eigenvalue weighted by Gasteiger charge is 2.12. The van der Waals surface area contributed by atoms with Crippen LogP contribution in [-0.2, 0) is 11.3 Å². The van der Waals surface area contributed by atoms with Crippen LogP contribution in [0, 0.1) is 0 Å². The molecule has 0 bridgehead atoms. The lowest BCUT2D eigenvalue weighted by atomic mass is 10.2. The van der Waals surface area contributed by atoms with Gasteiger partial charge in [0.1, 0.15) is 17.8 Å². The van der Waals surface area contributed by atoms with Crippen LogP contribution in [0.15, 0.2) is 77.6 Å². The molecule has 9 nitrogen and oxygen atoms in total. The molecule has 3 aromatic carbocycles. The zero-order valence-electron chi connectivity index (χ0n) is 17.1. The fourth-order valence-corrected chi connectivity index (χ4v) is 3.11. The Morgan fingerprint density at radius 1 is 0.938 bits per heavy atom. The molecule has 0 spiro atoms. The molecule has 4 rings (SSSR count). The summed E-state index contributed by atoms with van der Waals surface area (Å²) in [7, 11) is 1.53. The SMILES string of the molecule is COc1ccccc1NC(=O)c1ccc(NC(=O)Cn2nnc3ccccc3c2=O)cc1. The minimum atomic E-state index is -0.442. The highest BCUT2D eigenvalue weighted by molar-refractivity contribution is 6.05. The number of hydrogen-bond donors (Lipinski definition) is 2. The van der Waals surface area contributed by atoms with Crippen LogP contribution < -0.4 is 20.9 Å². The molecule has 0 unspecified atom stereocenters. The fourth-order valence-electron chi connectivity index (χ4n) is 3.11. The number of methoxy groups -OCH3 is 1. The molecule has 2 amide bonds. The van der Waals surface area contributed by atoms with Gasteiger partial charge in [0.05, 0.1) is 18.2 Å². The molecule has 0 aliphatic heterocycles. The Hall–Kier alpha value is -4.53. The molecule has 0 aliphatic carbocycles. The maximum absolute atomic E-state index is 12.5. The maximum Gasteiger partial charge on any atom is 0.278 e. The number of ether oxygens (including phenoxy) is 1. The van der Waals surface area contributed by atoms with E-state index in [1.54, 1.807) is 66.7 Å². The van der Waals surface area contributed by atoms with Crippen molar-refractivity contribution in [1.29, 1.82) is 0 Å².